The van der Waals surface area contributed by atoms with Gasteiger partial charge in [-0.3, -0.25) is 4.68 Å². The Balaban J connectivity index is 2.17. The van der Waals surface area contributed by atoms with Gasteiger partial charge in [-0.2, -0.15) is 5.10 Å². The van der Waals surface area contributed by atoms with E-state index in [2.05, 4.69) is 5.10 Å². The molecule has 0 atom stereocenters. The largest absolute Gasteiger partial charge is 0.477 e. The number of thiophene rings is 1. The minimum atomic E-state index is -0.904. The van der Waals surface area contributed by atoms with Crippen molar-refractivity contribution in [2.45, 2.75) is 20.4 Å². The second-order valence-electron chi connectivity index (χ2n) is 4.85. The first-order valence-electron chi connectivity index (χ1n) is 6.42. The Labute approximate surface area is 130 Å². The second kappa shape index (κ2) is 5.16. The van der Waals surface area contributed by atoms with Gasteiger partial charge in [-0.05, 0) is 25.3 Å². The maximum atomic E-state index is 11.5. The number of rotatable bonds is 3. The normalized spacial score (nSPS) is 11.2. The summed E-state index contributed by atoms with van der Waals surface area (Å²) < 4.78 is 2.73. The van der Waals surface area contributed by atoms with Gasteiger partial charge in [-0.15, -0.1) is 11.3 Å². The van der Waals surface area contributed by atoms with Gasteiger partial charge >= 0.3 is 5.97 Å². The zero-order valence-electron chi connectivity index (χ0n) is 11.6. The van der Waals surface area contributed by atoms with Gasteiger partial charge < -0.3 is 5.11 Å². The molecule has 3 rings (SSSR count). The smallest absolute Gasteiger partial charge is 0.346 e. The Morgan fingerprint density at radius 2 is 2.10 bits per heavy atom. The highest BCUT2D eigenvalue weighted by Crippen LogP contribution is 2.32. The van der Waals surface area contributed by atoms with Gasteiger partial charge in [0.1, 0.15) is 4.88 Å². The van der Waals surface area contributed by atoms with Crippen molar-refractivity contribution in [1.82, 2.24) is 9.78 Å². The molecule has 0 saturated heterocycles. The first-order chi connectivity index (χ1) is 9.99. The van der Waals surface area contributed by atoms with Crippen LogP contribution in [-0.2, 0) is 6.54 Å². The van der Waals surface area contributed by atoms with Gasteiger partial charge in [-0.1, -0.05) is 29.8 Å². The molecule has 0 saturated carbocycles. The van der Waals surface area contributed by atoms with Crippen molar-refractivity contribution in [2.24, 2.45) is 0 Å². The van der Waals surface area contributed by atoms with E-state index in [0.29, 0.717) is 16.4 Å². The molecule has 0 amide bonds. The first kappa shape index (κ1) is 14.1. The third-order valence-electron chi connectivity index (χ3n) is 3.49. The van der Waals surface area contributed by atoms with Crippen LogP contribution in [0.4, 0.5) is 0 Å². The molecule has 0 unspecified atom stereocenters. The summed E-state index contributed by atoms with van der Waals surface area (Å²) in [5.74, 6) is -0.904. The second-order valence-corrected chi connectivity index (χ2v) is 6.28. The number of carbonyl (C=O) groups is 1. The first-order valence-corrected chi connectivity index (χ1v) is 7.61. The molecular weight excluding hydrogens is 308 g/mol. The van der Waals surface area contributed by atoms with Crippen LogP contribution in [0.15, 0.2) is 24.3 Å². The minimum Gasteiger partial charge on any atom is -0.477 e. The van der Waals surface area contributed by atoms with E-state index in [4.69, 9.17) is 11.6 Å². The number of benzene rings is 1. The van der Waals surface area contributed by atoms with Crippen molar-refractivity contribution in [1.29, 1.82) is 0 Å². The van der Waals surface area contributed by atoms with Crippen LogP contribution in [0.2, 0.25) is 5.02 Å². The number of carboxylic acids is 1. The fourth-order valence-corrected chi connectivity index (χ4v) is 3.60. The van der Waals surface area contributed by atoms with Crippen LogP contribution in [0.25, 0.3) is 10.1 Å². The van der Waals surface area contributed by atoms with Crippen molar-refractivity contribution in [2.75, 3.05) is 0 Å². The van der Waals surface area contributed by atoms with Gasteiger partial charge in [0, 0.05) is 10.3 Å². The predicted molar refractivity (Wildman–Crippen MR) is 84.6 cm³/mol. The van der Waals surface area contributed by atoms with E-state index in [0.717, 1.165) is 27.0 Å². The van der Waals surface area contributed by atoms with Crippen molar-refractivity contribution in [3.8, 4) is 0 Å². The molecule has 0 aliphatic carbocycles. The zero-order chi connectivity index (χ0) is 15.1. The van der Waals surface area contributed by atoms with Crippen LogP contribution in [0.1, 0.15) is 26.6 Å². The van der Waals surface area contributed by atoms with Crippen molar-refractivity contribution >= 4 is 39.0 Å². The molecule has 0 aliphatic heterocycles. The van der Waals surface area contributed by atoms with Gasteiger partial charge in [0.15, 0.2) is 0 Å². The summed E-state index contributed by atoms with van der Waals surface area (Å²) in [5, 5.41) is 15.4. The van der Waals surface area contributed by atoms with E-state index in [-0.39, 0.29) is 0 Å². The average Bonchev–Trinajstić information content (AvgIpc) is 2.94. The highest BCUT2D eigenvalue weighted by atomic mass is 35.5. The average molecular weight is 321 g/mol. The van der Waals surface area contributed by atoms with E-state index in [9.17, 15) is 9.90 Å². The Hall–Kier alpha value is -1.85. The van der Waals surface area contributed by atoms with Gasteiger partial charge in [0.05, 0.1) is 23.0 Å². The fraction of sp³-hybridized carbons (Fsp3) is 0.200. The Morgan fingerprint density at radius 3 is 2.71 bits per heavy atom. The van der Waals surface area contributed by atoms with Gasteiger partial charge in [-0.25, -0.2) is 4.79 Å². The van der Waals surface area contributed by atoms with Crippen LogP contribution < -0.4 is 0 Å². The lowest BCUT2D eigenvalue weighted by Crippen LogP contribution is -2.07. The molecule has 0 radical (unpaired) electrons. The number of halogens is 1. The number of fused-ring (bicyclic) bond motifs is 1. The summed E-state index contributed by atoms with van der Waals surface area (Å²) in [5.41, 5.74) is 2.39. The molecule has 0 bridgehead atoms. The molecule has 108 valence electrons. The molecule has 2 aromatic heterocycles. The fourth-order valence-electron chi connectivity index (χ4n) is 2.41. The summed E-state index contributed by atoms with van der Waals surface area (Å²) in [7, 11) is 0. The quantitative estimate of drug-likeness (QED) is 0.790. The van der Waals surface area contributed by atoms with Crippen LogP contribution in [0, 0.1) is 13.8 Å². The van der Waals surface area contributed by atoms with Crippen molar-refractivity contribution in [3.05, 3.63) is 51.1 Å². The molecular formula is C15H13ClN2O2S. The van der Waals surface area contributed by atoms with Crippen molar-refractivity contribution < 1.29 is 9.90 Å². The third-order valence-corrected chi connectivity index (χ3v) is 5.24. The number of hydrogen-bond donors (Lipinski definition) is 1. The number of aryl methyl sites for hydroxylation is 1. The molecule has 21 heavy (non-hydrogen) atoms. The number of carboxylic acid groups (broad SMARTS) is 1. The summed E-state index contributed by atoms with van der Waals surface area (Å²) in [6.07, 6.45) is 0. The van der Waals surface area contributed by atoms with E-state index >= 15 is 0 Å². The third kappa shape index (κ3) is 2.32. The molecule has 0 aliphatic rings. The summed E-state index contributed by atoms with van der Waals surface area (Å²) in [6, 6.07) is 7.71. The molecule has 2 heterocycles. The van der Waals surface area contributed by atoms with Crippen LogP contribution in [0.3, 0.4) is 0 Å². The Kier molecular flexibility index (Phi) is 3.47. The highest BCUT2D eigenvalue weighted by molar-refractivity contribution is 7.21. The monoisotopic (exact) mass is 320 g/mol. The van der Waals surface area contributed by atoms with Crippen molar-refractivity contribution in [3.63, 3.8) is 0 Å². The maximum Gasteiger partial charge on any atom is 0.346 e. The summed E-state index contributed by atoms with van der Waals surface area (Å²) in [4.78, 5) is 11.9. The zero-order valence-corrected chi connectivity index (χ0v) is 13.1. The lowest BCUT2D eigenvalue weighted by Gasteiger charge is -2.05. The molecule has 0 fully saturated rings. The molecule has 0 spiro atoms. The SMILES string of the molecule is Cc1nn(Cc2c(C(=O)O)sc3ccccc23)c(C)c1Cl. The molecule has 6 heteroatoms. The molecule has 4 nitrogen and oxygen atoms in total. The minimum absolute atomic E-state index is 0.361. The van der Waals surface area contributed by atoms with Crippen LogP contribution in [0.5, 0.6) is 0 Å². The summed E-state index contributed by atoms with van der Waals surface area (Å²) in [6.45, 7) is 4.14. The van der Waals surface area contributed by atoms with E-state index in [1.54, 1.807) is 4.68 Å². The molecule has 1 aromatic carbocycles. The standard InChI is InChI=1S/C15H13ClN2O2S/c1-8-13(16)9(2)18(17-8)7-11-10-5-3-4-6-12(10)21-14(11)15(19)20/h3-6H,7H2,1-2H3,(H,19,20). The Bertz CT molecular complexity index is 851. The lowest BCUT2D eigenvalue weighted by molar-refractivity contribution is 0.0701. The molecule has 3 aromatic rings. The lowest BCUT2D eigenvalue weighted by atomic mass is 10.1. The van der Waals surface area contributed by atoms with Gasteiger partial charge in [0.25, 0.3) is 0 Å². The van der Waals surface area contributed by atoms with Gasteiger partial charge in [0.2, 0.25) is 0 Å². The highest BCUT2D eigenvalue weighted by Gasteiger charge is 2.19. The van der Waals surface area contributed by atoms with Crippen LogP contribution >= 0.6 is 22.9 Å². The summed E-state index contributed by atoms with van der Waals surface area (Å²) >= 11 is 7.46. The maximum absolute atomic E-state index is 11.5. The Morgan fingerprint density at radius 1 is 1.38 bits per heavy atom. The number of hydrogen-bond acceptors (Lipinski definition) is 3. The van der Waals surface area contributed by atoms with Crippen LogP contribution in [-0.4, -0.2) is 20.9 Å². The molecule has 1 N–H and O–H groups in total. The number of aromatic carboxylic acids is 1. The number of aromatic nitrogens is 2. The van der Waals surface area contributed by atoms with E-state index < -0.39 is 5.97 Å². The topological polar surface area (TPSA) is 55.1 Å². The van der Waals surface area contributed by atoms with E-state index in [1.807, 2.05) is 38.1 Å². The predicted octanol–water partition coefficient (Wildman–Crippen LogP) is 4.11. The van der Waals surface area contributed by atoms with E-state index in [1.165, 1.54) is 11.3 Å². The number of nitrogens with zero attached hydrogens (tertiary/aromatic N) is 2.